The maximum atomic E-state index is 12.0. The number of nitrogens with two attached hydrogens (primary N) is 1. The maximum Gasteiger partial charge on any atom is 0.223 e. The highest BCUT2D eigenvalue weighted by molar-refractivity contribution is 8.00. The molecule has 3 nitrogen and oxygen atoms in total. The van der Waals surface area contributed by atoms with E-state index in [0.29, 0.717) is 4.75 Å². The first-order valence-corrected chi connectivity index (χ1v) is 7.96. The summed E-state index contributed by atoms with van der Waals surface area (Å²) in [5, 5.41) is 3.16. The molecule has 0 aromatic rings. The Morgan fingerprint density at radius 2 is 2.12 bits per heavy atom. The zero-order chi connectivity index (χ0) is 12.3. The summed E-state index contributed by atoms with van der Waals surface area (Å²) in [6.45, 7) is 0.846. The topological polar surface area (TPSA) is 55.1 Å². The first-order chi connectivity index (χ1) is 8.15. The number of rotatable bonds is 4. The molecule has 0 saturated heterocycles. The van der Waals surface area contributed by atoms with E-state index in [1.807, 2.05) is 11.8 Å². The molecule has 98 valence electrons. The number of nitrogens with one attached hydrogen (secondary N) is 1. The Balaban J connectivity index is 1.79. The van der Waals surface area contributed by atoms with Gasteiger partial charge in [-0.25, -0.2) is 0 Å². The quantitative estimate of drug-likeness (QED) is 0.808. The fourth-order valence-electron chi connectivity index (χ4n) is 3.12. The molecule has 0 heterocycles. The molecule has 0 aliphatic heterocycles. The lowest BCUT2D eigenvalue weighted by Gasteiger charge is -2.27. The summed E-state index contributed by atoms with van der Waals surface area (Å²) in [4.78, 5) is 12.0. The Kier molecular flexibility index (Phi) is 4.36. The van der Waals surface area contributed by atoms with Crippen LogP contribution in [0.5, 0.6) is 0 Å². The lowest BCUT2D eigenvalue weighted by atomic mass is 10.0. The molecule has 0 bridgehead atoms. The summed E-state index contributed by atoms with van der Waals surface area (Å²) in [6, 6.07) is 0.242. The largest absolute Gasteiger partial charge is 0.354 e. The van der Waals surface area contributed by atoms with Gasteiger partial charge in [-0.1, -0.05) is 12.8 Å². The first kappa shape index (κ1) is 13.2. The summed E-state index contributed by atoms with van der Waals surface area (Å²) in [5.41, 5.74) is 5.85. The molecule has 1 amide bonds. The number of carbonyl (C=O) groups excluding carboxylic acids is 1. The Labute approximate surface area is 108 Å². The third-order valence-electron chi connectivity index (χ3n) is 4.38. The average Bonchev–Trinajstić information content (AvgIpc) is 2.95. The van der Waals surface area contributed by atoms with Crippen molar-refractivity contribution in [3.63, 3.8) is 0 Å². The van der Waals surface area contributed by atoms with Crippen molar-refractivity contribution >= 4 is 17.7 Å². The van der Waals surface area contributed by atoms with E-state index < -0.39 is 0 Å². The minimum atomic E-state index is 0.172. The van der Waals surface area contributed by atoms with Gasteiger partial charge in [-0.2, -0.15) is 11.8 Å². The van der Waals surface area contributed by atoms with Crippen LogP contribution in [0.25, 0.3) is 0 Å². The van der Waals surface area contributed by atoms with Crippen molar-refractivity contribution in [2.24, 2.45) is 11.7 Å². The first-order valence-electron chi connectivity index (χ1n) is 6.74. The van der Waals surface area contributed by atoms with Gasteiger partial charge in [-0.15, -0.1) is 0 Å². The highest BCUT2D eigenvalue weighted by Crippen LogP contribution is 2.39. The molecule has 2 saturated carbocycles. The highest BCUT2D eigenvalue weighted by Gasteiger charge is 2.34. The van der Waals surface area contributed by atoms with Crippen molar-refractivity contribution in [3.8, 4) is 0 Å². The minimum absolute atomic E-state index is 0.172. The van der Waals surface area contributed by atoms with Gasteiger partial charge in [-0.3, -0.25) is 4.79 Å². The van der Waals surface area contributed by atoms with Gasteiger partial charge in [0, 0.05) is 23.3 Å². The van der Waals surface area contributed by atoms with Crippen LogP contribution in [0.15, 0.2) is 0 Å². The van der Waals surface area contributed by atoms with Crippen molar-refractivity contribution < 1.29 is 4.79 Å². The molecule has 0 radical (unpaired) electrons. The summed E-state index contributed by atoms with van der Waals surface area (Å²) in [7, 11) is 0. The highest BCUT2D eigenvalue weighted by atomic mass is 32.2. The Morgan fingerprint density at radius 3 is 2.65 bits per heavy atom. The molecule has 4 heteroatoms. The van der Waals surface area contributed by atoms with Crippen LogP contribution in [0.4, 0.5) is 0 Å². The standard InChI is InChI=1S/C13H24N2OS/c1-17-13(6-2-3-7-13)9-15-12(16)10-4-5-11(14)8-10/h10-11H,2-9,14H2,1H3,(H,15,16). The van der Waals surface area contributed by atoms with E-state index in [2.05, 4.69) is 11.6 Å². The molecular weight excluding hydrogens is 232 g/mol. The van der Waals surface area contributed by atoms with Crippen molar-refractivity contribution in [2.45, 2.75) is 55.7 Å². The number of thioether (sulfide) groups is 1. The van der Waals surface area contributed by atoms with Gasteiger partial charge in [-0.05, 0) is 38.4 Å². The van der Waals surface area contributed by atoms with Crippen LogP contribution in [-0.2, 0) is 4.79 Å². The van der Waals surface area contributed by atoms with Crippen molar-refractivity contribution in [2.75, 3.05) is 12.8 Å². The smallest absolute Gasteiger partial charge is 0.223 e. The second kappa shape index (κ2) is 5.61. The molecular formula is C13H24N2OS. The fraction of sp³-hybridized carbons (Fsp3) is 0.923. The van der Waals surface area contributed by atoms with Crippen LogP contribution < -0.4 is 11.1 Å². The molecule has 2 aliphatic carbocycles. The summed E-state index contributed by atoms with van der Waals surface area (Å²) >= 11 is 1.93. The van der Waals surface area contributed by atoms with Gasteiger partial charge in [0.25, 0.3) is 0 Å². The van der Waals surface area contributed by atoms with E-state index >= 15 is 0 Å². The lowest BCUT2D eigenvalue weighted by Crippen LogP contribution is -2.40. The van der Waals surface area contributed by atoms with Crippen LogP contribution in [-0.4, -0.2) is 29.5 Å². The number of amides is 1. The van der Waals surface area contributed by atoms with Gasteiger partial charge < -0.3 is 11.1 Å². The van der Waals surface area contributed by atoms with E-state index in [1.54, 1.807) is 0 Å². The SMILES string of the molecule is CSC1(CNC(=O)C2CCC(N)C2)CCCC1. The molecule has 2 fully saturated rings. The minimum Gasteiger partial charge on any atom is -0.354 e. The second-order valence-corrected chi connectivity index (χ2v) is 6.86. The molecule has 2 atom stereocenters. The summed E-state index contributed by atoms with van der Waals surface area (Å²) in [6.07, 6.45) is 10.1. The van der Waals surface area contributed by atoms with Crippen LogP contribution in [0.1, 0.15) is 44.9 Å². The molecule has 0 aromatic carbocycles. The van der Waals surface area contributed by atoms with Crippen LogP contribution >= 0.6 is 11.8 Å². The Morgan fingerprint density at radius 1 is 1.41 bits per heavy atom. The molecule has 2 aliphatic rings. The number of hydrogen-bond donors (Lipinski definition) is 2. The maximum absolute atomic E-state index is 12.0. The molecule has 2 unspecified atom stereocenters. The van der Waals surface area contributed by atoms with Gasteiger partial charge in [0.2, 0.25) is 5.91 Å². The van der Waals surface area contributed by atoms with E-state index in [4.69, 9.17) is 5.73 Å². The molecule has 0 spiro atoms. The predicted molar refractivity (Wildman–Crippen MR) is 73.0 cm³/mol. The van der Waals surface area contributed by atoms with Gasteiger partial charge in [0.05, 0.1) is 0 Å². The van der Waals surface area contributed by atoms with E-state index in [9.17, 15) is 4.79 Å². The van der Waals surface area contributed by atoms with Crippen molar-refractivity contribution in [1.82, 2.24) is 5.32 Å². The Bertz CT molecular complexity index is 277. The van der Waals surface area contributed by atoms with Gasteiger partial charge in [0.1, 0.15) is 0 Å². The monoisotopic (exact) mass is 256 g/mol. The fourth-order valence-corrected chi connectivity index (χ4v) is 4.03. The van der Waals surface area contributed by atoms with Gasteiger partial charge in [0.15, 0.2) is 0 Å². The summed E-state index contributed by atoms with van der Waals surface area (Å²) in [5.74, 6) is 0.406. The third kappa shape index (κ3) is 3.16. The van der Waals surface area contributed by atoms with Crippen molar-refractivity contribution in [3.05, 3.63) is 0 Å². The van der Waals surface area contributed by atoms with Crippen molar-refractivity contribution in [1.29, 1.82) is 0 Å². The lowest BCUT2D eigenvalue weighted by molar-refractivity contribution is -0.124. The summed E-state index contributed by atoms with van der Waals surface area (Å²) < 4.78 is 0.316. The molecule has 17 heavy (non-hydrogen) atoms. The van der Waals surface area contributed by atoms with Crippen LogP contribution in [0, 0.1) is 5.92 Å². The number of hydrogen-bond acceptors (Lipinski definition) is 3. The molecule has 0 aromatic heterocycles. The van der Waals surface area contributed by atoms with Crippen LogP contribution in [0.2, 0.25) is 0 Å². The molecule has 2 rings (SSSR count). The van der Waals surface area contributed by atoms with E-state index in [-0.39, 0.29) is 17.9 Å². The van der Waals surface area contributed by atoms with Crippen LogP contribution in [0.3, 0.4) is 0 Å². The zero-order valence-corrected chi connectivity index (χ0v) is 11.5. The van der Waals surface area contributed by atoms with E-state index in [0.717, 1.165) is 25.8 Å². The Hall–Kier alpha value is -0.220. The third-order valence-corrected chi connectivity index (χ3v) is 5.80. The number of carbonyl (C=O) groups is 1. The zero-order valence-electron chi connectivity index (χ0n) is 10.7. The van der Waals surface area contributed by atoms with E-state index in [1.165, 1.54) is 25.7 Å². The molecule has 3 N–H and O–H groups in total. The second-order valence-electron chi connectivity index (χ2n) is 5.58. The predicted octanol–water partition coefficient (Wildman–Crippen LogP) is 1.91. The van der Waals surface area contributed by atoms with Gasteiger partial charge >= 0.3 is 0 Å². The normalized spacial score (nSPS) is 31.6. The average molecular weight is 256 g/mol.